The first-order valence-electron chi connectivity index (χ1n) is 9.97. The number of benzene rings is 1. The van der Waals surface area contributed by atoms with Crippen molar-refractivity contribution in [3.05, 3.63) is 35.8 Å². The number of hydrogen-bond donors (Lipinski definition) is 3. The van der Waals surface area contributed by atoms with Gasteiger partial charge in [0, 0.05) is 11.6 Å². The standard InChI is InChI=1S/C20H24N6O4S/c1-11-3-8-15(31(28,29)26-13-4-6-14(27)7-5-13)9-16(11)17-10-22-19(21)18(24-17)20-23-12(2)25-30-20/h3,8-10,13-14,26-27H,4-7H2,1-2H3,(H2,21,22). The minimum absolute atomic E-state index is 0.132. The second-order valence-electron chi connectivity index (χ2n) is 7.74. The molecule has 11 heteroatoms. The predicted molar refractivity (Wildman–Crippen MR) is 113 cm³/mol. The van der Waals surface area contributed by atoms with Gasteiger partial charge in [-0.25, -0.2) is 23.1 Å². The van der Waals surface area contributed by atoms with Gasteiger partial charge in [0.2, 0.25) is 10.0 Å². The molecule has 0 atom stereocenters. The van der Waals surface area contributed by atoms with Crippen LogP contribution in [0.5, 0.6) is 0 Å². The van der Waals surface area contributed by atoms with Crippen molar-refractivity contribution in [3.8, 4) is 22.8 Å². The molecule has 2 aromatic heterocycles. The lowest BCUT2D eigenvalue weighted by atomic mass is 9.94. The molecule has 0 amide bonds. The summed E-state index contributed by atoms with van der Waals surface area (Å²) in [7, 11) is -3.74. The van der Waals surface area contributed by atoms with Crippen LogP contribution in [0.2, 0.25) is 0 Å². The van der Waals surface area contributed by atoms with Gasteiger partial charge in [-0.15, -0.1) is 0 Å². The number of aryl methyl sites for hydroxylation is 2. The SMILES string of the molecule is Cc1noc(-c2nc(-c3cc(S(=O)(=O)NC4CCC(O)CC4)ccc3C)cnc2N)n1. The number of anilines is 1. The van der Waals surface area contributed by atoms with Crippen molar-refractivity contribution in [1.82, 2.24) is 24.8 Å². The maximum Gasteiger partial charge on any atom is 0.280 e. The molecular formula is C20H24N6O4S. The van der Waals surface area contributed by atoms with Crippen molar-refractivity contribution >= 4 is 15.8 Å². The molecule has 0 unspecified atom stereocenters. The molecule has 4 N–H and O–H groups in total. The van der Waals surface area contributed by atoms with E-state index in [0.717, 1.165) is 5.56 Å². The molecule has 3 aromatic rings. The van der Waals surface area contributed by atoms with Crippen LogP contribution in [0.4, 0.5) is 5.82 Å². The number of nitrogens with two attached hydrogens (primary N) is 1. The third-order valence-corrected chi connectivity index (χ3v) is 6.86. The van der Waals surface area contributed by atoms with Crippen molar-refractivity contribution in [1.29, 1.82) is 0 Å². The summed E-state index contributed by atoms with van der Waals surface area (Å²) in [5, 5.41) is 13.4. The zero-order valence-corrected chi connectivity index (χ0v) is 18.1. The summed E-state index contributed by atoms with van der Waals surface area (Å²) in [5.74, 6) is 0.717. The van der Waals surface area contributed by atoms with Crippen LogP contribution in [-0.4, -0.2) is 45.8 Å². The van der Waals surface area contributed by atoms with Gasteiger partial charge in [0.15, 0.2) is 17.3 Å². The molecule has 1 aliphatic carbocycles. The van der Waals surface area contributed by atoms with Crippen LogP contribution in [0.25, 0.3) is 22.8 Å². The number of nitrogens with zero attached hydrogens (tertiary/aromatic N) is 4. The molecule has 0 spiro atoms. The minimum Gasteiger partial charge on any atom is -0.393 e. The zero-order valence-electron chi connectivity index (χ0n) is 17.2. The molecular weight excluding hydrogens is 420 g/mol. The maximum absolute atomic E-state index is 13.0. The Balaban J connectivity index is 1.67. The van der Waals surface area contributed by atoms with E-state index >= 15 is 0 Å². The van der Waals surface area contributed by atoms with Gasteiger partial charge in [0.1, 0.15) is 0 Å². The van der Waals surface area contributed by atoms with Crippen molar-refractivity contribution < 1.29 is 18.0 Å². The first-order valence-corrected chi connectivity index (χ1v) is 11.5. The molecule has 0 aliphatic heterocycles. The van der Waals surface area contributed by atoms with Crippen LogP contribution in [0.3, 0.4) is 0 Å². The fourth-order valence-corrected chi connectivity index (χ4v) is 4.93. The summed E-state index contributed by atoms with van der Waals surface area (Å²) in [6.45, 7) is 3.54. The maximum atomic E-state index is 13.0. The Labute approximate surface area is 180 Å². The van der Waals surface area contributed by atoms with Crippen molar-refractivity contribution in [3.63, 3.8) is 0 Å². The quantitative estimate of drug-likeness (QED) is 0.535. The molecule has 164 valence electrons. The number of sulfonamides is 1. The Kier molecular flexibility index (Phi) is 5.73. The third kappa shape index (κ3) is 4.58. The van der Waals surface area contributed by atoms with Crippen LogP contribution in [0, 0.1) is 13.8 Å². The van der Waals surface area contributed by atoms with E-state index < -0.39 is 10.0 Å². The number of aliphatic hydroxyl groups excluding tert-OH is 1. The van der Waals surface area contributed by atoms with Gasteiger partial charge >= 0.3 is 0 Å². The average Bonchev–Trinajstić information content (AvgIpc) is 3.16. The van der Waals surface area contributed by atoms with Crippen molar-refractivity contribution in [2.75, 3.05) is 5.73 Å². The van der Waals surface area contributed by atoms with Gasteiger partial charge in [0.25, 0.3) is 5.89 Å². The molecule has 10 nitrogen and oxygen atoms in total. The van der Waals surface area contributed by atoms with Crippen LogP contribution in [-0.2, 0) is 10.0 Å². The van der Waals surface area contributed by atoms with Crippen LogP contribution in [0.15, 0.2) is 33.8 Å². The molecule has 0 saturated heterocycles. The molecule has 0 bridgehead atoms. The summed E-state index contributed by atoms with van der Waals surface area (Å²) in [6.07, 6.45) is 3.52. The van der Waals surface area contributed by atoms with Gasteiger partial charge in [-0.1, -0.05) is 11.2 Å². The summed E-state index contributed by atoms with van der Waals surface area (Å²) in [4.78, 5) is 13.0. The molecule has 4 rings (SSSR count). The zero-order chi connectivity index (χ0) is 22.2. The van der Waals surface area contributed by atoms with Crippen molar-refractivity contribution in [2.24, 2.45) is 0 Å². The fraction of sp³-hybridized carbons (Fsp3) is 0.400. The first-order chi connectivity index (χ1) is 14.7. The van der Waals surface area contributed by atoms with E-state index in [1.54, 1.807) is 25.1 Å². The highest BCUT2D eigenvalue weighted by Crippen LogP contribution is 2.29. The van der Waals surface area contributed by atoms with Gasteiger partial charge in [-0.05, 0) is 57.2 Å². The Morgan fingerprint density at radius 1 is 1.16 bits per heavy atom. The highest BCUT2D eigenvalue weighted by Gasteiger charge is 2.25. The average molecular weight is 445 g/mol. The van der Waals surface area contributed by atoms with E-state index in [-0.39, 0.29) is 34.4 Å². The predicted octanol–water partition coefficient (Wildman–Crippen LogP) is 1.97. The van der Waals surface area contributed by atoms with E-state index in [4.69, 9.17) is 10.3 Å². The van der Waals surface area contributed by atoms with E-state index in [0.29, 0.717) is 42.8 Å². The lowest BCUT2D eigenvalue weighted by Crippen LogP contribution is -2.38. The molecule has 31 heavy (non-hydrogen) atoms. The van der Waals surface area contributed by atoms with Gasteiger partial charge in [-0.3, -0.25) is 0 Å². The lowest BCUT2D eigenvalue weighted by molar-refractivity contribution is 0.120. The highest BCUT2D eigenvalue weighted by molar-refractivity contribution is 7.89. The second kappa shape index (κ2) is 8.33. The lowest BCUT2D eigenvalue weighted by Gasteiger charge is -2.26. The molecule has 0 radical (unpaired) electrons. The topological polar surface area (TPSA) is 157 Å². The number of rotatable bonds is 5. The smallest absolute Gasteiger partial charge is 0.280 e. The normalized spacial score (nSPS) is 19.5. The number of aliphatic hydroxyl groups is 1. The Morgan fingerprint density at radius 3 is 2.58 bits per heavy atom. The number of nitrogen functional groups attached to an aromatic ring is 1. The second-order valence-corrected chi connectivity index (χ2v) is 9.45. The molecule has 1 fully saturated rings. The largest absolute Gasteiger partial charge is 0.393 e. The van der Waals surface area contributed by atoms with E-state index in [2.05, 4.69) is 24.8 Å². The number of nitrogens with one attached hydrogen (secondary N) is 1. The summed E-state index contributed by atoms with van der Waals surface area (Å²) < 4.78 is 33.8. The third-order valence-electron chi connectivity index (χ3n) is 5.34. The van der Waals surface area contributed by atoms with Gasteiger partial charge in [0.05, 0.1) is 22.9 Å². The Bertz CT molecular complexity index is 1200. The van der Waals surface area contributed by atoms with E-state index in [1.807, 2.05) is 6.92 Å². The van der Waals surface area contributed by atoms with E-state index in [9.17, 15) is 13.5 Å². The van der Waals surface area contributed by atoms with Crippen LogP contribution < -0.4 is 10.5 Å². The number of aromatic nitrogens is 4. The van der Waals surface area contributed by atoms with Gasteiger partial charge < -0.3 is 15.4 Å². The van der Waals surface area contributed by atoms with Crippen molar-refractivity contribution in [2.45, 2.75) is 56.6 Å². The summed E-state index contributed by atoms with van der Waals surface area (Å²) >= 11 is 0. The Hall–Kier alpha value is -2.89. The minimum atomic E-state index is -3.74. The molecule has 2 heterocycles. The molecule has 1 aromatic carbocycles. The van der Waals surface area contributed by atoms with Crippen LogP contribution >= 0.6 is 0 Å². The fourth-order valence-electron chi connectivity index (χ4n) is 3.60. The highest BCUT2D eigenvalue weighted by atomic mass is 32.2. The molecule has 1 aliphatic rings. The van der Waals surface area contributed by atoms with Gasteiger partial charge in [-0.2, -0.15) is 4.98 Å². The monoisotopic (exact) mass is 444 g/mol. The molecule has 1 saturated carbocycles. The summed E-state index contributed by atoms with van der Waals surface area (Å²) in [5.41, 5.74) is 8.04. The Morgan fingerprint density at radius 2 is 1.90 bits per heavy atom. The number of hydrogen-bond acceptors (Lipinski definition) is 9. The van der Waals surface area contributed by atoms with E-state index in [1.165, 1.54) is 6.20 Å². The van der Waals surface area contributed by atoms with Crippen LogP contribution in [0.1, 0.15) is 37.1 Å². The summed E-state index contributed by atoms with van der Waals surface area (Å²) in [6, 6.07) is 4.66. The first kappa shape index (κ1) is 21.3.